The van der Waals surface area contributed by atoms with Gasteiger partial charge in [0.1, 0.15) is 12.6 Å². The molecular formula is C27H28Cl2N4O6S. The highest BCUT2D eigenvalue weighted by molar-refractivity contribution is 7.92. The van der Waals surface area contributed by atoms with Crippen LogP contribution in [0.1, 0.15) is 26.3 Å². The first-order valence-corrected chi connectivity index (χ1v) is 14.4. The van der Waals surface area contributed by atoms with Crippen LogP contribution >= 0.6 is 23.2 Å². The Hall–Kier alpha value is -3.67. The lowest BCUT2D eigenvalue weighted by Crippen LogP contribution is -2.52. The van der Waals surface area contributed by atoms with Crippen LogP contribution in [0.3, 0.4) is 0 Å². The SMILES string of the molecule is CC(C)NC(=O)[C@H](C)N(Cc1ccc(Cl)cc1Cl)C(=O)CN(c1ccc([N+](=O)[O-])cc1)S(=O)(=O)c1ccccc1. The molecule has 0 saturated heterocycles. The molecule has 10 nitrogen and oxygen atoms in total. The number of hydrogen-bond donors (Lipinski definition) is 1. The number of nitro groups is 1. The van der Waals surface area contributed by atoms with Crippen molar-refractivity contribution >= 4 is 56.4 Å². The first-order chi connectivity index (χ1) is 18.8. The maximum atomic E-state index is 13.9. The third-order valence-electron chi connectivity index (χ3n) is 5.91. The summed E-state index contributed by atoms with van der Waals surface area (Å²) in [5, 5.41) is 14.6. The normalized spacial score (nSPS) is 12.1. The van der Waals surface area contributed by atoms with Gasteiger partial charge in [0.25, 0.3) is 15.7 Å². The number of benzene rings is 3. The predicted molar refractivity (Wildman–Crippen MR) is 154 cm³/mol. The smallest absolute Gasteiger partial charge is 0.269 e. The van der Waals surface area contributed by atoms with E-state index in [9.17, 15) is 28.1 Å². The molecule has 13 heteroatoms. The first-order valence-electron chi connectivity index (χ1n) is 12.2. The van der Waals surface area contributed by atoms with Crippen molar-refractivity contribution in [2.45, 2.75) is 44.3 Å². The number of nitrogens with one attached hydrogen (secondary N) is 1. The van der Waals surface area contributed by atoms with Gasteiger partial charge in [-0.1, -0.05) is 47.5 Å². The zero-order valence-electron chi connectivity index (χ0n) is 22.0. The van der Waals surface area contributed by atoms with E-state index in [-0.39, 0.29) is 33.9 Å². The van der Waals surface area contributed by atoms with Crippen LogP contribution in [0.25, 0.3) is 0 Å². The van der Waals surface area contributed by atoms with E-state index in [4.69, 9.17) is 23.2 Å². The molecule has 0 saturated carbocycles. The monoisotopic (exact) mass is 606 g/mol. The summed E-state index contributed by atoms with van der Waals surface area (Å²) in [5.74, 6) is -1.14. The highest BCUT2D eigenvalue weighted by Gasteiger charge is 2.33. The molecule has 0 spiro atoms. The van der Waals surface area contributed by atoms with Gasteiger partial charge in [0, 0.05) is 34.8 Å². The number of nitrogens with zero attached hydrogens (tertiary/aromatic N) is 3. The van der Waals surface area contributed by atoms with Crippen molar-refractivity contribution in [2.75, 3.05) is 10.8 Å². The molecule has 212 valence electrons. The number of carbonyl (C=O) groups is 2. The minimum absolute atomic E-state index is 0.0339. The maximum Gasteiger partial charge on any atom is 0.269 e. The fourth-order valence-electron chi connectivity index (χ4n) is 3.81. The number of carbonyl (C=O) groups excluding carboxylic acids is 2. The first kappa shape index (κ1) is 30.9. The summed E-state index contributed by atoms with van der Waals surface area (Å²) >= 11 is 12.4. The zero-order valence-corrected chi connectivity index (χ0v) is 24.3. The minimum Gasteiger partial charge on any atom is -0.352 e. The Bertz CT molecular complexity index is 1480. The van der Waals surface area contributed by atoms with E-state index in [1.54, 1.807) is 32.0 Å². The average Bonchev–Trinajstić information content (AvgIpc) is 2.91. The van der Waals surface area contributed by atoms with Crippen molar-refractivity contribution in [1.29, 1.82) is 0 Å². The molecule has 1 N–H and O–H groups in total. The Labute approximate surface area is 242 Å². The van der Waals surface area contributed by atoms with Crippen molar-refractivity contribution in [3.8, 4) is 0 Å². The fraction of sp³-hybridized carbons (Fsp3) is 0.259. The van der Waals surface area contributed by atoms with Gasteiger partial charge < -0.3 is 10.2 Å². The molecule has 2 amide bonds. The van der Waals surface area contributed by atoms with Gasteiger partial charge in [0.15, 0.2) is 0 Å². The van der Waals surface area contributed by atoms with Crippen LogP contribution in [-0.2, 0) is 26.2 Å². The van der Waals surface area contributed by atoms with Crippen LogP contribution in [0.15, 0.2) is 77.7 Å². The van der Waals surface area contributed by atoms with Gasteiger partial charge in [-0.15, -0.1) is 0 Å². The van der Waals surface area contributed by atoms with Crippen molar-refractivity contribution in [2.24, 2.45) is 0 Å². The van der Waals surface area contributed by atoms with E-state index in [0.717, 1.165) is 16.4 Å². The summed E-state index contributed by atoms with van der Waals surface area (Å²) < 4.78 is 28.3. The Morgan fingerprint density at radius 2 is 1.60 bits per heavy atom. The van der Waals surface area contributed by atoms with E-state index in [2.05, 4.69) is 5.32 Å². The van der Waals surface area contributed by atoms with Gasteiger partial charge in [0.2, 0.25) is 11.8 Å². The molecule has 0 bridgehead atoms. The highest BCUT2D eigenvalue weighted by atomic mass is 35.5. The fourth-order valence-corrected chi connectivity index (χ4v) is 5.71. The molecule has 0 heterocycles. The summed E-state index contributed by atoms with van der Waals surface area (Å²) in [6.07, 6.45) is 0. The zero-order chi connectivity index (χ0) is 29.6. The van der Waals surface area contributed by atoms with E-state index in [0.29, 0.717) is 10.6 Å². The lowest BCUT2D eigenvalue weighted by Gasteiger charge is -2.32. The summed E-state index contributed by atoms with van der Waals surface area (Å²) in [6.45, 7) is 4.27. The van der Waals surface area contributed by atoms with E-state index in [1.807, 2.05) is 0 Å². The van der Waals surface area contributed by atoms with Crippen LogP contribution in [0.4, 0.5) is 11.4 Å². The topological polar surface area (TPSA) is 130 Å². The van der Waals surface area contributed by atoms with E-state index in [1.165, 1.54) is 54.3 Å². The number of rotatable bonds is 11. The summed E-state index contributed by atoms with van der Waals surface area (Å²) in [5.41, 5.74) is 0.285. The molecule has 0 fully saturated rings. The van der Waals surface area contributed by atoms with Crippen molar-refractivity contribution in [3.05, 3.63) is 98.5 Å². The number of non-ortho nitro benzene ring substituents is 1. The lowest BCUT2D eigenvalue weighted by atomic mass is 10.1. The number of amides is 2. The van der Waals surface area contributed by atoms with Crippen LogP contribution in [0, 0.1) is 10.1 Å². The molecule has 3 rings (SSSR count). The molecule has 0 aliphatic heterocycles. The second-order valence-electron chi connectivity index (χ2n) is 9.19. The lowest BCUT2D eigenvalue weighted by molar-refractivity contribution is -0.384. The standard InChI is InChI=1S/C27H28Cl2N4O6S/c1-18(2)30-27(35)19(3)31(16-20-9-10-21(28)15-25(20)29)26(34)17-32(22-11-13-23(14-12-22)33(36)37)40(38,39)24-7-5-4-6-8-24/h4-15,18-19H,16-17H2,1-3H3,(H,30,35)/t19-/m0/s1. The highest BCUT2D eigenvalue weighted by Crippen LogP contribution is 2.27. The largest absolute Gasteiger partial charge is 0.352 e. The third kappa shape index (κ3) is 7.50. The van der Waals surface area contributed by atoms with E-state index < -0.39 is 39.3 Å². The van der Waals surface area contributed by atoms with Crippen molar-refractivity contribution in [3.63, 3.8) is 0 Å². The number of halogens is 2. The summed E-state index contributed by atoms with van der Waals surface area (Å²) in [6, 6.07) is 15.8. The van der Waals surface area contributed by atoms with Crippen molar-refractivity contribution in [1.82, 2.24) is 10.2 Å². The Morgan fingerprint density at radius 1 is 0.975 bits per heavy atom. The molecule has 0 aliphatic carbocycles. The quantitative estimate of drug-likeness (QED) is 0.240. The Kier molecular flexibility index (Phi) is 10.1. The van der Waals surface area contributed by atoms with Crippen LogP contribution in [-0.4, -0.2) is 48.7 Å². The van der Waals surface area contributed by atoms with Gasteiger partial charge >= 0.3 is 0 Å². The molecule has 3 aromatic carbocycles. The minimum atomic E-state index is -4.30. The second-order valence-corrected chi connectivity index (χ2v) is 11.9. The van der Waals surface area contributed by atoms with Gasteiger partial charge in [-0.2, -0.15) is 0 Å². The summed E-state index contributed by atoms with van der Waals surface area (Å²) in [4.78, 5) is 38.5. The van der Waals surface area contributed by atoms with Gasteiger partial charge in [-0.25, -0.2) is 8.42 Å². The number of sulfonamides is 1. The van der Waals surface area contributed by atoms with Gasteiger partial charge in [-0.05, 0) is 62.7 Å². The van der Waals surface area contributed by atoms with Crippen LogP contribution < -0.4 is 9.62 Å². The molecule has 3 aromatic rings. The maximum absolute atomic E-state index is 13.9. The number of anilines is 1. The number of hydrogen-bond acceptors (Lipinski definition) is 6. The molecule has 0 aliphatic rings. The summed E-state index contributed by atoms with van der Waals surface area (Å²) in [7, 11) is -4.30. The van der Waals surface area contributed by atoms with Crippen LogP contribution in [0.5, 0.6) is 0 Å². The second kappa shape index (κ2) is 13.1. The Morgan fingerprint density at radius 3 is 2.15 bits per heavy atom. The molecule has 40 heavy (non-hydrogen) atoms. The third-order valence-corrected chi connectivity index (χ3v) is 8.29. The van der Waals surface area contributed by atoms with E-state index >= 15 is 0 Å². The van der Waals surface area contributed by atoms with Gasteiger partial charge in [-0.3, -0.25) is 24.0 Å². The van der Waals surface area contributed by atoms with Crippen LogP contribution in [0.2, 0.25) is 10.0 Å². The molecule has 0 aromatic heterocycles. The number of nitro benzene ring substituents is 1. The predicted octanol–water partition coefficient (Wildman–Crippen LogP) is 5.04. The molecule has 0 radical (unpaired) electrons. The molecular weight excluding hydrogens is 579 g/mol. The molecule has 1 atom stereocenters. The molecule has 0 unspecified atom stereocenters. The Balaban J connectivity index is 2.06. The average molecular weight is 608 g/mol. The van der Waals surface area contributed by atoms with Crippen molar-refractivity contribution < 1.29 is 22.9 Å². The van der Waals surface area contributed by atoms with Gasteiger partial charge in [0.05, 0.1) is 15.5 Å².